The Morgan fingerprint density at radius 2 is 1.81 bits per heavy atom. The Bertz CT molecular complexity index is 548. The first kappa shape index (κ1) is 16.7. The fourth-order valence-corrected chi connectivity index (χ4v) is 1.48. The molecule has 0 bridgehead atoms. The summed E-state index contributed by atoms with van der Waals surface area (Å²) in [5.74, 6) is -1.24. The SMILES string of the molecule is CCOC(=O)/C(=C\c1ccc(C(F)(F)F)cc1)NC(C)=O. The highest BCUT2D eigenvalue weighted by molar-refractivity contribution is 5.97. The molecule has 0 aliphatic carbocycles. The van der Waals surface area contributed by atoms with Crippen molar-refractivity contribution in [1.29, 1.82) is 0 Å². The van der Waals surface area contributed by atoms with Gasteiger partial charge in [0.15, 0.2) is 0 Å². The van der Waals surface area contributed by atoms with Crippen LogP contribution in [-0.4, -0.2) is 18.5 Å². The third kappa shape index (κ3) is 5.29. The van der Waals surface area contributed by atoms with Crippen molar-refractivity contribution in [3.8, 4) is 0 Å². The predicted octanol–water partition coefficient (Wildman–Crippen LogP) is 2.75. The summed E-state index contributed by atoms with van der Waals surface area (Å²) in [5, 5.41) is 2.28. The van der Waals surface area contributed by atoms with Crippen molar-refractivity contribution in [2.24, 2.45) is 0 Å². The van der Waals surface area contributed by atoms with Gasteiger partial charge in [-0.15, -0.1) is 0 Å². The molecule has 0 heterocycles. The lowest BCUT2D eigenvalue weighted by molar-refractivity contribution is -0.140. The second kappa shape index (κ2) is 6.92. The van der Waals surface area contributed by atoms with Gasteiger partial charge < -0.3 is 10.1 Å². The van der Waals surface area contributed by atoms with Crippen molar-refractivity contribution >= 4 is 18.0 Å². The molecule has 0 aliphatic heterocycles. The largest absolute Gasteiger partial charge is 0.461 e. The number of amides is 1. The van der Waals surface area contributed by atoms with E-state index in [1.807, 2.05) is 0 Å². The molecule has 0 aliphatic rings. The van der Waals surface area contributed by atoms with Gasteiger partial charge in [-0.3, -0.25) is 4.79 Å². The number of alkyl halides is 3. The Hall–Kier alpha value is -2.31. The third-order valence-corrected chi connectivity index (χ3v) is 2.36. The number of carbonyl (C=O) groups excluding carboxylic acids is 2. The van der Waals surface area contributed by atoms with Gasteiger partial charge in [0.05, 0.1) is 12.2 Å². The van der Waals surface area contributed by atoms with E-state index in [1.165, 1.54) is 25.1 Å². The standard InChI is InChI=1S/C14H14F3NO3/c1-3-21-13(20)12(18-9(2)19)8-10-4-6-11(7-5-10)14(15,16)17/h4-8H,3H2,1-2H3,(H,18,19)/b12-8+. The average Bonchev–Trinajstić information content (AvgIpc) is 2.37. The van der Waals surface area contributed by atoms with E-state index in [4.69, 9.17) is 4.74 Å². The molecule has 7 heteroatoms. The minimum Gasteiger partial charge on any atom is -0.461 e. The second-order valence-electron chi connectivity index (χ2n) is 4.08. The van der Waals surface area contributed by atoms with Gasteiger partial charge in [-0.05, 0) is 30.7 Å². The molecule has 0 aromatic heterocycles. The van der Waals surface area contributed by atoms with E-state index in [-0.39, 0.29) is 12.3 Å². The highest BCUT2D eigenvalue weighted by atomic mass is 19.4. The zero-order valence-electron chi connectivity index (χ0n) is 11.5. The van der Waals surface area contributed by atoms with Crippen LogP contribution >= 0.6 is 0 Å². The zero-order chi connectivity index (χ0) is 16.0. The number of nitrogens with one attached hydrogen (secondary N) is 1. The number of rotatable bonds is 4. The number of benzene rings is 1. The normalized spacial score (nSPS) is 12.0. The smallest absolute Gasteiger partial charge is 0.416 e. The maximum atomic E-state index is 12.4. The highest BCUT2D eigenvalue weighted by Gasteiger charge is 2.29. The molecular formula is C14H14F3NO3. The van der Waals surface area contributed by atoms with Gasteiger partial charge >= 0.3 is 12.1 Å². The van der Waals surface area contributed by atoms with E-state index < -0.39 is 23.6 Å². The first-order valence-corrected chi connectivity index (χ1v) is 6.07. The summed E-state index contributed by atoms with van der Waals surface area (Å²) in [4.78, 5) is 22.7. The second-order valence-corrected chi connectivity index (χ2v) is 4.08. The van der Waals surface area contributed by atoms with Gasteiger partial charge in [0, 0.05) is 6.92 Å². The third-order valence-electron chi connectivity index (χ3n) is 2.36. The number of carbonyl (C=O) groups is 2. The molecule has 1 aromatic rings. The maximum Gasteiger partial charge on any atom is 0.416 e. The number of halogens is 3. The van der Waals surface area contributed by atoms with Crippen LogP contribution in [0.1, 0.15) is 25.0 Å². The molecule has 4 nitrogen and oxygen atoms in total. The Labute approximate surface area is 119 Å². The lowest BCUT2D eigenvalue weighted by Gasteiger charge is -2.09. The fraction of sp³-hybridized carbons (Fsp3) is 0.286. The quantitative estimate of drug-likeness (QED) is 0.687. The monoisotopic (exact) mass is 301 g/mol. The van der Waals surface area contributed by atoms with Gasteiger partial charge in [0.25, 0.3) is 0 Å². The fourth-order valence-electron chi connectivity index (χ4n) is 1.48. The molecule has 0 spiro atoms. The van der Waals surface area contributed by atoms with Gasteiger partial charge in [-0.2, -0.15) is 13.2 Å². The van der Waals surface area contributed by atoms with E-state index in [2.05, 4.69) is 5.32 Å². The molecule has 0 atom stereocenters. The van der Waals surface area contributed by atoms with Crippen LogP contribution in [0.2, 0.25) is 0 Å². The zero-order valence-corrected chi connectivity index (χ0v) is 11.5. The lowest BCUT2D eigenvalue weighted by atomic mass is 10.1. The van der Waals surface area contributed by atoms with Crippen molar-refractivity contribution in [1.82, 2.24) is 5.32 Å². The molecule has 0 radical (unpaired) electrons. The van der Waals surface area contributed by atoms with Crippen molar-refractivity contribution in [2.45, 2.75) is 20.0 Å². The Morgan fingerprint density at radius 3 is 2.24 bits per heavy atom. The van der Waals surface area contributed by atoms with Gasteiger partial charge in [-0.25, -0.2) is 4.79 Å². The minimum absolute atomic E-state index is 0.114. The van der Waals surface area contributed by atoms with Crippen molar-refractivity contribution in [3.05, 3.63) is 41.1 Å². The van der Waals surface area contributed by atoms with Crippen LogP contribution in [0.3, 0.4) is 0 Å². The average molecular weight is 301 g/mol. The molecule has 0 saturated carbocycles. The Morgan fingerprint density at radius 1 is 1.24 bits per heavy atom. The first-order chi connectivity index (χ1) is 9.74. The van der Waals surface area contributed by atoms with Crippen LogP contribution in [0, 0.1) is 0 Å². The van der Waals surface area contributed by atoms with E-state index in [0.717, 1.165) is 12.1 Å². The summed E-state index contributed by atoms with van der Waals surface area (Å²) in [6, 6.07) is 4.18. The number of ether oxygens (including phenoxy) is 1. The van der Waals surface area contributed by atoms with Crippen molar-refractivity contribution in [2.75, 3.05) is 6.61 Å². The molecule has 0 unspecified atom stereocenters. The Balaban J connectivity index is 3.04. The van der Waals surface area contributed by atoms with Crippen LogP contribution in [-0.2, 0) is 20.5 Å². The molecule has 1 amide bonds. The Kier molecular flexibility index (Phi) is 5.52. The summed E-state index contributed by atoms with van der Waals surface area (Å²) in [6.07, 6.45) is -3.18. The van der Waals surface area contributed by atoms with Crippen LogP contribution in [0.25, 0.3) is 6.08 Å². The molecule has 1 aromatic carbocycles. The highest BCUT2D eigenvalue weighted by Crippen LogP contribution is 2.29. The van der Waals surface area contributed by atoms with Gasteiger partial charge in [0.1, 0.15) is 5.70 Å². The number of hydrogen-bond donors (Lipinski definition) is 1. The molecule has 114 valence electrons. The molecule has 0 fully saturated rings. The molecule has 1 rings (SSSR count). The molecule has 1 N–H and O–H groups in total. The van der Waals surface area contributed by atoms with Crippen LogP contribution in [0.4, 0.5) is 13.2 Å². The van der Waals surface area contributed by atoms with Crippen molar-refractivity contribution in [3.63, 3.8) is 0 Å². The van der Waals surface area contributed by atoms with Gasteiger partial charge in [-0.1, -0.05) is 12.1 Å². The summed E-state index contributed by atoms with van der Waals surface area (Å²) in [6.45, 7) is 2.92. The number of esters is 1. The van der Waals surface area contributed by atoms with Crippen molar-refractivity contribution < 1.29 is 27.5 Å². The van der Waals surface area contributed by atoms with Crippen LogP contribution in [0.5, 0.6) is 0 Å². The summed E-state index contributed by atoms with van der Waals surface area (Å²) in [7, 11) is 0. The van der Waals surface area contributed by atoms with E-state index in [1.54, 1.807) is 6.92 Å². The van der Waals surface area contributed by atoms with Crippen LogP contribution in [0.15, 0.2) is 30.0 Å². The lowest BCUT2D eigenvalue weighted by Crippen LogP contribution is -2.26. The summed E-state index contributed by atoms with van der Waals surface area (Å²) >= 11 is 0. The predicted molar refractivity (Wildman–Crippen MR) is 69.9 cm³/mol. The topological polar surface area (TPSA) is 55.4 Å². The van der Waals surface area contributed by atoms with E-state index in [9.17, 15) is 22.8 Å². The molecule has 21 heavy (non-hydrogen) atoms. The minimum atomic E-state index is -4.43. The number of hydrogen-bond acceptors (Lipinski definition) is 3. The first-order valence-electron chi connectivity index (χ1n) is 6.07. The molecular weight excluding hydrogens is 287 g/mol. The van der Waals surface area contributed by atoms with E-state index in [0.29, 0.717) is 5.56 Å². The van der Waals surface area contributed by atoms with E-state index >= 15 is 0 Å². The van der Waals surface area contributed by atoms with Crippen LogP contribution < -0.4 is 5.32 Å². The summed E-state index contributed by atoms with van der Waals surface area (Å²) < 4.78 is 42.1. The summed E-state index contributed by atoms with van der Waals surface area (Å²) in [5.41, 5.74) is -0.597. The van der Waals surface area contributed by atoms with Gasteiger partial charge in [0.2, 0.25) is 5.91 Å². The maximum absolute atomic E-state index is 12.4. The molecule has 0 saturated heterocycles.